The van der Waals surface area contributed by atoms with E-state index in [1.807, 2.05) is 39.1 Å². The number of rotatable bonds is 3. The van der Waals surface area contributed by atoms with E-state index in [4.69, 9.17) is 4.74 Å². The molecule has 0 spiro atoms. The summed E-state index contributed by atoms with van der Waals surface area (Å²) in [5, 5.41) is 0. The van der Waals surface area contributed by atoms with E-state index in [2.05, 4.69) is 9.98 Å². The van der Waals surface area contributed by atoms with Crippen molar-refractivity contribution in [1.29, 1.82) is 0 Å². The monoisotopic (exact) mass is 357 g/mol. The molecule has 0 N–H and O–H groups in total. The van der Waals surface area contributed by atoms with E-state index in [1.165, 1.54) is 19.3 Å². The highest BCUT2D eigenvalue weighted by molar-refractivity contribution is 6.01. The van der Waals surface area contributed by atoms with E-state index in [0.29, 0.717) is 5.82 Å². The van der Waals surface area contributed by atoms with Crippen LogP contribution in [0.1, 0.15) is 77.7 Å². The van der Waals surface area contributed by atoms with Crippen molar-refractivity contribution in [2.24, 2.45) is 4.99 Å². The van der Waals surface area contributed by atoms with Crippen LogP contribution in [-0.4, -0.2) is 35.0 Å². The standard InChI is InChI=1S/C21H31N3O2/c1-21(2,3)26-20(25)24(17-9-5-4-6-10-17)19-13-12-16(15-23-19)18-11-7-8-14-22-18/h12-13,15,17H,4-11,14H2,1-3H3. The molecule has 0 atom stereocenters. The smallest absolute Gasteiger partial charge is 0.416 e. The van der Waals surface area contributed by atoms with E-state index in [9.17, 15) is 4.79 Å². The molecular formula is C21H31N3O2. The summed E-state index contributed by atoms with van der Waals surface area (Å²) in [5.41, 5.74) is 1.69. The van der Waals surface area contributed by atoms with Gasteiger partial charge in [-0.1, -0.05) is 19.3 Å². The van der Waals surface area contributed by atoms with Crippen molar-refractivity contribution in [3.05, 3.63) is 23.9 Å². The Balaban J connectivity index is 1.83. The Morgan fingerprint density at radius 1 is 1.12 bits per heavy atom. The van der Waals surface area contributed by atoms with Gasteiger partial charge in [0.15, 0.2) is 0 Å². The predicted octanol–water partition coefficient (Wildman–Crippen LogP) is 5.13. The summed E-state index contributed by atoms with van der Waals surface area (Å²) in [7, 11) is 0. The second kappa shape index (κ2) is 8.19. The van der Waals surface area contributed by atoms with Gasteiger partial charge in [-0.05, 0) is 65.0 Å². The molecule has 2 aliphatic rings. The molecule has 142 valence electrons. The maximum absolute atomic E-state index is 12.9. The van der Waals surface area contributed by atoms with E-state index in [0.717, 1.165) is 49.9 Å². The van der Waals surface area contributed by atoms with E-state index in [1.54, 1.807) is 4.90 Å². The quantitative estimate of drug-likeness (QED) is 0.753. The lowest BCUT2D eigenvalue weighted by atomic mass is 9.94. The lowest BCUT2D eigenvalue weighted by Gasteiger charge is -2.34. The number of hydrogen-bond donors (Lipinski definition) is 0. The van der Waals surface area contributed by atoms with E-state index < -0.39 is 5.60 Å². The molecule has 26 heavy (non-hydrogen) atoms. The molecule has 1 aliphatic heterocycles. The molecule has 2 heterocycles. The van der Waals surface area contributed by atoms with Crippen LogP contribution in [0.5, 0.6) is 0 Å². The lowest BCUT2D eigenvalue weighted by Crippen LogP contribution is -2.45. The summed E-state index contributed by atoms with van der Waals surface area (Å²) < 4.78 is 5.68. The Morgan fingerprint density at radius 2 is 1.88 bits per heavy atom. The highest BCUT2D eigenvalue weighted by Gasteiger charge is 2.31. The van der Waals surface area contributed by atoms with Crippen LogP contribution in [0, 0.1) is 0 Å². The third kappa shape index (κ3) is 4.83. The average molecular weight is 357 g/mol. The highest BCUT2D eigenvalue weighted by atomic mass is 16.6. The molecule has 0 radical (unpaired) electrons. The molecule has 0 unspecified atom stereocenters. The summed E-state index contributed by atoms with van der Waals surface area (Å²) in [6.45, 7) is 6.62. The van der Waals surface area contributed by atoms with Crippen molar-refractivity contribution in [3.63, 3.8) is 0 Å². The Morgan fingerprint density at radius 3 is 2.46 bits per heavy atom. The molecule has 0 saturated heterocycles. The van der Waals surface area contributed by atoms with Gasteiger partial charge in [-0.3, -0.25) is 9.89 Å². The molecule has 1 aliphatic carbocycles. The normalized spacial score (nSPS) is 19.0. The number of aliphatic imine (C=N–C) groups is 1. The van der Waals surface area contributed by atoms with Crippen LogP contribution < -0.4 is 4.90 Å². The fraction of sp³-hybridized carbons (Fsp3) is 0.667. The van der Waals surface area contributed by atoms with Crippen LogP contribution >= 0.6 is 0 Å². The van der Waals surface area contributed by atoms with Crippen molar-refractivity contribution in [2.45, 2.75) is 83.8 Å². The highest BCUT2D eigenvalue weighted by Crippen LogP contribution is 2.28. The molecular weight excluding hydrogens is 326 g/mol. The first-order valence-electron chi connectivity index (χ1n) is 9.96. The topological polar surface area (TPSA) is 54.8 Å². The van der Waals surface area contributed by atoms with Gasteiger partial charge in [0.1, 0.15) is 11.4 Å². The Kier molecular flexibility index (Phi) is 5.94. The first-order chi connectivity index (χ1) is 12.4. The number of aromatic nitrogens is 1. The maximum atomic E-state index is 12.9. The zero-order chi connectivity index (χ0) is 18.6. The fourth-order valence-electron chi connectivity index (χ4n) is 3.71. The molecule has 5 heteroatoms. The van der Waals surface area contributed by atoms with Crippen molar-refractivity contribution in [2.75, 3.05) is 11.4 Å². The van der Waals surface area contributed by atoms with E-state index in [-0.39, 0.29) is 12.1 Å². The van der Waals surface area contributed by atoms with Gasteiger partial charge in [-0.2, -0.15) is 0 Å². The van der Waals surface area contributed by atoms with Crippen LogP contribution in [0.3, 0.4) is 0 Å². The van der Waals surface area contributed by atoms with Crippen molar-refractivity contribution in [3.8, 4) is 0 Å². The predicted molar refractivity (Wildman–Crippen MR) is 105 cm³/mol. The molecule has 1 aromatic rings. The SMILES string of the molecule is CC(C)(C)OC(=O)N(c1ccc(C2=NCCCC2)cn1)C1CCCCC1. The number of nitrogens with zero attached hydrogens (tertiary/aromatic N) is 3. The molecule has 5 nitrogen and oxygen atoms in total. The van der Waals surface area contributed by atoms with Crippen molar-refractivity contribution >= 4 is 17.6 Å². The minimum atomic E-state index is -0.513. The van der Waals surface area contributed by atoms with Gasteiger partial charge in [0.05, 0.1) is 0 Å². The summed E-state index contributed by atoms with van der Waals surface area (Å²) in [5.74, 6) is 0.686. The van der Waals surface area contributed by atoms with Crippen molar-refractivity contribution in [1.82, 2.24) is 4.98 Å². The number of amides is 1. The van der Waals surface area contributed by atoms with Crippen molar-refractivity contribution < 1.29 is 9.53 Å². The van der Waals surface area contributed by atoms with Gasteiger partial charge in [0, 0.05) is 30.1 Å². The van der Waals surface area contributed by atoms with E-state index >= 15 is 0 Å². The zero-order valence-electron chi connectivity index (χ0n) is 16.3. The Bertz CT molecular complexity index is 640. The Labute approximate surface area is 156 Å². The molecule has 1 fully saturated rings. The van der Waals surface area contributed by atoms with Gasteiger partial charge in [-0.15, -0.1) is 0 Å². The number of carbonyl (C=O) groups is 1. The second-order valence-electron chi connectivity index (χ2n) is 8.33. The molecule has 1 amide bonds. The van der Waals surface area contributed by atoms with Gasteiger partial charge in [0.25, 0.3) is 0 Å². The average Bonchev–Trinajstić information content (AvgIpc) is 2.63. The van der Waals surface area contributed by atoms with Gasteiger partial charge >= 0.3 is 6.09 Å². The largest absolute Gasteiger partial charge is 0.443 e. The minimum Gasteiger partial charge on any atom is -0.443 e. The summed E-state index contributed by atoms with van der Waals surface area (Å²) in [6.07, 6.45) is 10.5. The third-order valence-corrected chi connectivity index (χ3v) is 4.98. The zero-order valence-corrected chi connectivity index (χ0v) is 16.3. The van der Waals surface area contributed by atoms with Gasteiger partial charge in [-0.25, -0.2) is 9.78 Å². The van der Waals surface area contributed by atoms with Gasteiger partial charge in [0.2, 0.25) is 0 Å². The number of ether oxygens (including phenoxy) is 1. The molecule has 3 rings (SSSR count). The van der Waals surface area contributed by atoms with Crippen LogP contribution in [0.15, 0.2) is 23.3 Å². The lowest BCUT2D eigenvalue weighted by molar-refractivity contribution is 0.0556. The summed E-state index contributed by atoms with van der Waals surface area (Å²) in [4.78, 5) is 23.9. The second-order valence-corrected chi connectivity index (χ2v) is 8.33. The molecule has 1 aromatic heterocycles. The number of carbonyl (C=O) groups excluding carboxylic acids is 1. The maximum Gasteiger partial charge on any atom is 0.416 e. The molecule has 0 aromatic carbocycles. The van der Waals surface area contributed by atoms with Gasteiger partial charge < -0.3 is 4.74 Å². The van der Waals surface area contributed by atoms with Crippen LogP contribution in [0.2, 0.25) is 0 Å². The van der Waals surface area contributed by atoms with Crippen LogP contribution in [0.4, 0.5) is 10.6 Å². The summed E-state index contributed by atoms with van der Waals surface area (Å²) >= 11 is 0. The number of pyridine rings is 1. The number of hydrogen-bond acceptors (Lipinski definition) is 4. The summed E-state index contributed by atoms with van der Waals surface area (Å²) in [6, 6.07) is 4.17. The van der Waals surface area contributed by atoms with Crippen LogP contribution in [0.25, 0.3) is 0 Å². The molecule has 0 bridgehead atoms. The Hall–Kier alpha value is -1.91. The number of anilines is 1. The first kappa shape index (κ1) is 18.9. The molecule has 1 saturated carbocycles. The first-order valence-corrected chi connectivity index (χ1v) is 9.96. The fourth-order valence-corrected chi connectivity index (χ4v) is 3.71. The van der Waals surface area contributed by atoms with Crippen LogP contribution in [-0.2, 0) is 4.74 Å². The third-order valence-electron chi connectivity index (χ3n) is 4.98. The minimum absolute atomic E-state index is 0.170.